The van der Waals surface area contributed by atoms with E-state index in [-0.39, 0.29) is 19.2 Å². The molecule has 1 fully saturated rings. The van der Waals surface area contributed by atoms with E-state index in [1.165, 1.54) is 57.8 Å². The van der Waals surface area contributed by atoms with Gasteiger partial charge < -0.3 is 39.4 Å². The van der Waals surface area contributed by atoms with E-state index in [1.807, 2.05) is 0 Å². The third-order valence-corrected chi connectivity index (χ3v) is 7.66. The number of hydrogen-bond acceptors (Lipinski definition) is 9. The second-order valence-corrected chi connectivity index (χ2v) is 11.6. The molecule has 1 heterocycles. The predicted molar refractivity (Wildman–Crippen MR) is 164 cm³/mol. The molecule has 4 N–H and O–H groups in total. The van der Waals surface area contributed by atoms with Crippen LogP contribution >= 0.6 is 0 Å². The molecule has 0 bridgehead atoms. The van der Waals surface area contributed by atoms with Crippen molar-refractivity contribution in [3.05, 3.63) is 12.2 Å². The topological polar surface area (TPSA) is 135 Å². The van der Waals surface area contributed by atoms with E-state index < -0.39 is 43.4 Å². The Balaban J connectivity index is 2.40. The lowest BCUT2D eigenvalue weighted by molar-refractivity contribution is -0.305. The summed E-state index contributed by atoms with van der Waals surface area (Å²) in [6.45, 7) is 4.45. The summed E-state index contributed by atoms with van der Waals surface area (Å²) in [5, 5.41) is 39.7. The monoisotopic (exact) mass is 602 g/mol. The molecular formula is C33H62O9. The minimum Gasteiger partial charge on any atom is -0.457 e. The van der Waals surface area contributed by atoms with Crippen molar-refractivity contribution in [2.45, 2.75) is 166 Å². The van der Waals surface area contributed by atoms with Crippen LogP contribution in [0, 0.1) is 0 Å². The molecule has 0 aromatic rings. The molecule has 6 unspecified atom stereocenters. The number of rotatable bonds is 27. The Morgan fingerprint density at radius 1 is 0.738 bits per heavy atom. The first kappa shape index (κ1) is 39.0. The van der Waals surface area contributed by atoms with Gasteiger partial charge in [0.15, 0.2) is 6.29 Å². The van der Waals surface area contributed by atoms with Crippen molar-refractivity contribution in [3.8, 4) is 0 Å². The van der Waals surface area contributed by atoms with E-state index >= 15 is 0 Å². The fraction of sp³-hybridized carbons (Fsp3) is 0.909. The fourth-order valence-electron chi connectivity index (χ4n) is 4.96. The average Bonchev–Trinajstić information content (AvgIpc) is 2.99. The van der Waals surface area contributed by atoms with Crippen molar-refractivity contribution in [3.63, 3.8) is 0 Å². The predicted octanol–water partition coefficient (Wildman–Crippen LogP) is 5.35. The highest BCUT2D eigenvalue weighted by Gasteiger charge is 2.44. The van der Waals surface area contributed by atoms with Gasteiger partial charge in [0.25, 0.3) is 0 Å². The number of carbonyl (C=O) groups is 1. The SMILES string of the molecule is CCC/C=C\CCCCCCCC(=O)OC(COCCCCCCCCCCC)COC1OC(CO)C(O)C(O)C1O. The summed E-state index contributed by atoms with van der Waals surface area (Å²) >= 11 is 0. The molecule has 42 heavy (non-hydrogen) atoms. The first-order valence-corrected chi connectivity index (χ1v) is 16.8. The van der Waals surface area contributed by atoms with Crippen LogP contribution in [0.4, 0.5) is 0 Å². The zero-order chi connectivity index (χ0) is 30.8. The highest BCUT2D eigenvalue weighted by molar-refractivity contribution is 5.69. The number of unbranched alkanes of at least 4 members (excludes halogenated alkanes) is 14. The summed E-state index contributed by atoms with van der Waals surface area (Å²) in [6, 6.07) is 0. The fourth-order valence-corrected chi connectivity index (χ4v) is 4.96. The van der Waals surface area contributed by atoms with Gasteiger partial charge in [0.1, 0.15) is 30.5 Å². The lowest BCUT2D eigenvalue weighted by Gasteiger charge is -2.39. The Labute approximate surface area is 255 Å². The maximum atomic E-state index is 12.6. The summed E-state index contributed by atoms with van der Waals surface area (Å²) in [7, 11) is 0. The number of esters is 1. The molecule has 1 rings (SSSR count). The molecule has 6 atom stereocenters. The Bertz CT molecular complexity index is 657. The zero-order valence-corrected chi connectivity index (χ0v) is 26.5. The van der Waals surface area contributed by atoms with Gasteiger partial charge in [0.05, 0.1) is 19.8 Å². The van der Waals surface area contributed by atoms with Crippen molar-refractivity contribution >= 4 is 5.97 Å². The molecule has 0 radical (unpaired) electrons. The third-order valence-electron chi connectivity index (χ3n) is 7.66. The molecule has 1 aliphatic rings. The van der Waals surface area contributed by atoms with Crippen LogP contribution in [0.3, 0.4) is 0 Å². The van der Waals surface area contributed by atoms with Gasteiger partial charge in [-0.2, -0.15) is 0 Å². The average molecular weight is 603 g/mol. The van der Waals surface area contributed by atoms with E-state index in [0.717, 1.165) is 51.4 Å². The Kier molecular flexibility index (Phi) is 24.4. The third kappa shape index (κ3) is 18.6. The lowest BCUT2D eigenvalue weighted by Crippen LogP contribution is -2.59. The normalized spacial score (nSPS) is 23.4. The van der Waals surface area contributed by atoms with Gasteiger partial charge in [-0.3, -0.25) is 4.79 Å². The van der Waals surface area contributed by atoms with E-state index in [4.69, 9.17) is 18.9 Å². The zero-order valence-electron chi connectivity index (χ0n) is 26.5. The number of carbonyl (C=O) groups excluding carboxylic acids is 1. The van der Waals surface area contributed by atoms with Crippen LogP contribution in [-0.2, 0) is 23.7 Å². The van der Waals surface area contributed by atoms with Gasteiger partial charge in [-0.25, -0.2) is 0 Å². The molecule has 0 spiro atoms. The second-order valence-electron chi connectivity index (χ2n) is 11.6. The second kappa shape index (κ2) is 26.3. The van der Waals surface area contributed by atoms with Crippen LogP contribution in [0.1, 0.15) is 129 Å². The van der Waals surface area contributed by atoms with Crippen LogP contribution in [-0.4, -0.2) is 89.6 Å². The Morgan fingerprint density at radius 2 is 1.36 bits per heavy atom. The van der Waals surface area contributed by atoms with Crippen molar-refractivity contribution in [2.24, 2.45) is 0 Å². The maximum Gasteiger partial charge on any atom is 0.306 e. The molecule has 1 saturated heterocycles. The van der Waals surface area contributed by atoms with Crippen molar-refractivity contribution in [1.82, 2.24) is 0 Å². The number of allylic oxidation sites excluding steroid dienone is 2. The molecule has 0 aliphatic carbocycles. The highest BCUT2D eigenvalue weighted by Crippen LogP contribution is 2.22. The minimum absolute atomic E-state index is 0.113. The van der Waals surface area contributed by atoms with Gasteiger partial charge in [0.2, 0.25) is 0 Å². The van der Waals surface area contributed by atoms with Crippen molar-refractivity contribution in [2.75, 3.05) is 26.4 Å². The minimum atomic E-state index is -1.53. The van der Waals surface area contributed by atoms with Crippen molar-refractivity contribution in [1.29, 1.82) is 0 Å². The quantitative estimate of drug-likeness (QED) is 0.0557. The Hall–Kier alpha value is -1.07. The van der Waals surface area contributed by atoms with Gasteiger partial charge >= 0.3 is 5.97 Å². The first-order chi connectivity index (χ1) is 20.4. The summed E-state index contributed by atoms with van der Waals surface area (Å²) in [5.74, 6) is -0.327. The molecule has 9 nitrogen and oxygen atoms in total. The summed E-state index contributed by atoms with van der Waals surface area (Å²) in [6.07, 6.45) is 16.7. The number of hydrogen-bond donors (Lipinski definition) is 4. The molecule has 0 amide bonds. The van der Waals surface area contributed by atoms with Crippen molar-refractivity contribution < 1.29 is 44.2 Å². The van der Waals surface area contributed by atoms with E-state index in [1.54, 1.807) is 0 Å². The van der Waals surface area contributed by atoms with Crippen LogP contribution in [0.25, 0.3) is 0 Å². The van der Waals surface area contributed by atoms with Crippen LogP contribution in [0.2, 0.25) is 0 Å². The van der Waals surface area contributed by atoms with Crippen LogP contribution in [0.15, 0.2) is 12.2 Å². The molecular weight excluding hydrogens is 540 g/mol. The summed E-state index contributed by atoms with van der Waals surface area (Å²) in [4.78, 5) is 12.6. The van der Waals surface area contributed by atoms with Crippen LogP contribution in [0.5, 0.6) is 0 Å². The molecule has 1 aliphatic heterocycles. The molecule has 0 aromatic carbocycles. The van der Waals surface area contributed by atoms with E-state index in [9.17, 15) is 25.2 Å². The molecule has 0 aromatic heterocycles. The summed E-state index contributed by atoms with van der Waals surface area (Å²) in [5.41, 5.74) is 0. The molecule has 0 saturated carbocycles. The van der Waals surface area contributed by atoms with E-state index in [2.05, 4.69) is 26.0 Å². The van der Waals surface area contributed by atoms with Gasteiger partial charge in [0, 0.05) is 13.0 Å². The van der Waals surface area contributed by atoms with Gasteiger partial charge in [-0.15, -0.1) is 0 Å². The number of aliphatic hydroxyl groups excluding tert-OH is 4. The van der Waals surface area contributed by atoms with Crippen LogP contribution < -0.4 is 0 Å². The smallest absolute Gasteiger partial charge is 0.306 e. The number of ether oxygens (including phenoxy) is 4. The Morgan fingerprint density at radius 3 is 2.02 bits per heavy atom. The van der Waals surface area contributed by atoms with Gasteiger partial charge in [-0.1, -0.05) is 103 Å². The largest absolute Gasteiger partial charge is 0.457 e. The molecule has 248 valence electrons. The highest BCUT2D eigenvalue weighted by atomic mass is 16.7. The summed E-state index contributed by atoms with van der Waals surface area (Å²) < 4.78 is 22.5. The van der Waals surface area contributed by atoms with Gasteiger partial charge in [-0.05, 0) is 32.1 Å². The van der Waals surface area contributed by atoms with E-state index in [0.29, 0.717) is 13.0 Å². The molecule has 9 heteroatoms. The lowest BCUT2D eigenvalue weighted by atomic mass is 9.99. The number of aliphatic hydroxyl groups is 4. The maximum absolute atomic E-state index is 12.6. The standard InChI is InChI=1S/C33H62O9/c1-3-5-7-9-11-13-14-16-18-20-22-29(35)41-27(25-39-23-21-19-17-15-12-10-8-6-4-2)26-40-33-32(38)31(37)30(36)28(24-34)42-33/h7,9,27-28,30-34,36-38H,3-6,8,10-26H2,1-2H3/b9-7-. The first-order valence-electron chi connectivity index (χ1n) is 16.8.